The van der Waals surface area contributed by atoms with E-state index in [2.05, 4.69) is 5.32 Å². The lowest BCUT2D eigenvalue weighted by atomic mass is 10.1. The second kappa shape index (κ2) is 9.22. The Morgan fingerprint density at radius 3 is 2.50 bits per heavy atom. The van der Waals surface area contributed by atoms with Gasteiger partial charge in [0.1, 0.15) is 0 Å². The molecule has 0 unspecified atom stereocenters. The number of nitrogens with one attached hydrogen (secondary N) is 1. The number of benzene rings is 1. The molecule has 0 heterocycles. The van der Waals surface area contributed by atoms with E-state index in [1.165, 1.54) is 21.0 Å². The van der Waals surface area contributed by atoms with Crippen molar-refractivity contribution in [2.24, 2.45) is 0 Å². The van der Waals surface area contributed by atoms with Crippen LogP contribution in [0, 0.1) is 0 Å². The lowest BCUT2D eigenvalue weighted by molar-refractivity contribution is -0.156. The molecule has 26 heavy (non-hydrogen) atoms. The Morgan fingerprint density at radius 2 is 1.88 bits per heavy atom. The van der Waals surface area contributed by atoms with Crippen LogP contribution in [0.1, 0.15) is 49.9 Å². The third-order valence-electron chi connectivity index (χ3n) is 4.29. The molecule has 1 aromatic carbocycles. The fraction of sp³-hybridized carbons (Fsp3) is 0.526. The summed E-state index contributed by atoms with van der Waals surface area (Å²) < 4.78 is 15.7. The molecule has 1 fully saturated rings. The van der Waals surface area contributed by atoms with Gasteiger partial charge in [-0.1, -0.05) is 12.8 Å². The van der Waals surface area contributed by atoms with Gasteiger partial charge in [0.05, 0.1) is 7.11 Å². The molecule has 1 N–H and O–H groups in total. The summed E-state index contributed by atoms with van der Waals surface area (Å²) >= 11 is 0. The standard InChI is InChI=1S/C19H25NO6/c1-12(21)14-8-9-16(17(10-14)24-3)25-11-18(22)26-13(2)19(23)20-15-6-4-5-7-15/h8-10,13,15H,4-7,11H2,1-3H3,(H,20,23)/t13-/m1/s1. The minimum atomic E-state index is -0.881. The number of hydrogen-bond donors (Lipinski definition) is 1. The Kier molecular flexibility index (Phi) is 7.00. The van der Waals surface area contributed by atoms with Gasteiger partial charge >= 0.3 is 5.97 Å². The number of carbonyl (C=O) groups excluding carboxylic acids is 3. The van der Waals surface area contributed by atoms with Crippen molar-refractivity contribution in [3.05, 3.63) is 23.8 Å². The number of Topliss-reactive ketones (excluding diaryl/α,β-unsaturated/α-hetero) is 1. The number of methoxy groups -OCH3 is 1. The fourth-order valence-corrected chi connectivity index (χ4v) is 2.82. The maximum Gasteiger partial charge on any atom is 0.344 e. The van der Waals surface area contributed by atoms with Crippen molar-refractivity contribution < 1.29 is 28.6 Å². The third-order valence-corrected chi connectivity index (χ3v) is 4.29. The maximum atomic E-state index is 12.0. The monoisotopic (exact) mass is 363 g/mol. The highest BCUT2D eigenvalue weighted by Gasteiger charge is 2.23. The first kappa shape index (κ1) is 19.8. The molecule has 0 bridgehead atoms. The van der Waals surface area contributed by atoms with Gasteiger partial charge in [-0.3, -0.25) is 9.59 Å². The maximum absolute atomic E-state index is 12.0. The van der Waals surface area contributed by atoms with Crippen molar-refractivity contribution in [2.75, 3.05) is 13.7 Å². The van der Waals surface area contributed by atoms with Gasteiger partial charge in [0.15, 0.2) is 30.0 Å². The first-order valence-corrected chi connectivity index (χ1v) is 8.72. The summed E-state index contributed by atoms with van der Waals surface area (Å²) in [6, 6.07) is 4.85. The van der Waals surface area contributed by atoms with Crippen molar-refractivity contribution in [3.63, 3.8) is 0 Å². The Morgan fingerprint density at radius 1 is 1.19 bits per heavy atom. The van der Waals surface area contributed by atoms with Crippen LogP contribution in [-0.2, 0) is 14.3 Å². The normalized spacial score (nSPS) is 15.2. The molecular weight excluding hydrogens is 338 g/mol. The highest BCUT2D eigenvalue weighted by molar-refractivity contribution is 5.94. The first-order valence-electron chi connectivity index (χ1n) is 8.72. The summed E-state index contributed by atoms with van der Waals surface area (Å²) in [5, 5.41) is 2.88. The van der Waals surface area contributed by atoms with Crippen molar-refractivity contribution in [1.82, 2.24) is 5.32 Å². The number of carbonyl (C=O) groups is 3. The topological polar surface area (TPSA) is 90.9 Å². The molecule has 0 radical (unpaired) electrons. The van der Waals surface area contributed by atoms with Gasteiger partial charge in [0.25, 0.3) is 5.91 Å². The second-order valence-electron chi connectivity index (χ2n) is 6.33. The van der Waals surface area contributed by atoms with E-state index < -0.39 is 12.1 Å². The molecule has 1 atom stereocenters. The zero-order chi connectivity index (χ0) is 19.1. The highest BCUT2D eigenvalue weighted by Crippen LogP contribution is 2.28. The number of ether oxygens (including phenoxy) is 3. The van der Waals surface area contributed by atoms with Gasteiger partial charge in [-0.15, -0.1) is 0 Å². The van der Waals surface area contributed by atoms with E-state index in [0.717, 1.165) is 25.7 Å². The summed E-state index contributed by atoms with van der Waals surface area (Å²) in [5.74, 6) is -0.392. The van der Waals surface area contributed by atoms with Crippen LogP contribution >= 0.6 is 0 Å². The van der Waals surface area contributed by atoms with Crippen LogP contribution in [0.4, 0.5) is 0 Å². The minimum Gasteiger partial charge on any atom is -0.493 e. The van der Waals surface area contributed by atoms with Crippen LogP contribution in [0.2, 0.25) is 0 Å². The zero-order valence-corrected chi connectivity index (χ0v) is 15.4. The van der Waals surface area contributed by atoms with Gasteiger partial charge in [0, 0.05) is 11.6 Å². The summed E-state index contributed by atoms with van der Waals surface area (Å²) in [6.07, 6.45) is 3.26. The van der Waals surface area contributed by atoms with E-state index in [9.17, 15) is 14.4 Å². The van der Waals surface area contributed by atoms with E-state index in [1.54, 1.807) is 18.2 Å². The summed E-state index contributed by atoms with van der Waals surface area (Å²) in [5.41, 5.74) is 0.481. The molecule has 1 saturated carbocycles. The van der Waals surface area contributed by atoms with Gasteiger partial charge < -0.3 is 19.5 Å². The number of hydrogen-bond acceptors (Lipinski definition) is 6. The van der Waals surface area contributed by atoms with Crippen LogP contribution in [0.15, 0.2) is 18.2 Å². The van der Waals surface area contributed by atoms with Crippen LogP contribution < -0.4 is 14.8 Å². The van der Waals surface area contributed by atoms with Crippen LogP contribution in [0.25, 0.3) is 0 Å². The largest absolute Gasteiger partial charge is 0.493 e. The predicted octanol–water partition coefficient (Wildman–Crippen LogP) is 2.27. The van der Waals surface area contributed by atoms with Crippen molar-refractivity contribution in [2.45, 2.75) is 51.7 Å². The molecule has 1 aliphatic rings. The number of ketones is 1. The van der Waals surface area contributed by atoms with Crippen LogP contribution in [0.5, 0.6) is 11.5 Å². The molecule has 1 aromatic rings. The molecule has 0 aliphatic heterocycles. The molecule has 7 heteroatoms. The zero-order valence-electron chi connectivity index (χ0n) is 15.4. The molecular formula is C19H25NO6. The quantitative estimate of drug-likeness (QED) is 0.563. The van der Waals surface area contributed by atoms with E-state index >= 15 is 0 Å². The van der Waals surface area contributed by atoms with Gasteiger partial charge in [-0.2, -0.15) is 0 Å². The SMILES string of the molecule is COc1cc(C(C)=O)ccc1OCC(=O)O[C@H](C)C(=O)NC1CCCC1. The minimum absolute atomic E-state index is 0.101. The smallest absolute Gasteiger partial charge is 0.344 e. The van der Waals surface area contributed by atoms with Gasteiger partial charge in [-0.05, 0) is 44.9 Å². The Hall–Kier alpha value is -2.57. The highest BCUT2D eigenvalue weighted by atomic mass is 16.6. The third kappa shape index (κ3) is 5.47. The molecule has 7 nitrogen and oxygen atoms in total. The number of rotatable bonds is 8. The van der Waals surface area contributed by atoms with Gasteiger partial charge in [0.2, 0.25) is 0 Å². The summed E-state index contributed by atoms with van der Waals surface area (Å²) in [6.45, 7) is 2.62. The Bertz CT molecular complexity index is 666. The molecule has 2 rings (SSSR count). The van der Waals surface area contributed by atoms with Crippen molar-refractivity contribution in [3.8, 4) is 11.5 Å². The van der Waals surface area contributed by atoms with Gasteiger partial charge in [-0.25, -0.2) is 4.79 Å². The number of esters is 1. The average molecular weight is 363 g/mol. The first-order chi connectivity index (χ1) is 12.4. The van der Waals surface area contributed by atoms with Crippen LogP contribution in [-0.4, -0.2) is 43.5 Å². The Balaban J connectivity index is 1.84. The summed E-state index contributed by atoms with van der Waals surface area (Å²) in [7, 11) is 1.44. The molecule has 1 amide bonds. The van der Waals surface area contributed by atoms with Crippen molar-refractivity contribution >= 4 is 17.7 Å². The lowest BCUT2D eigenvalue weighted by Crippen LogP contribution is -2.41. The van der Waals surface area contributed by atoms with Crippen LogP contribution in [0.3, 0.4) is 0 Å². The fourth-order valence-electron chi connectivity index (χ4n) is 2.82. The molecule has 0 aromatic heterocycles. The van der Waals surface area contributed by atoms with E-state index in [0.29, 0.717) is 17.1 Å². The summed E-state index contributed by atoms with van der Waals surface area (Å²) in [4.78, 5) is 35.3. The second-order valence-corrected chi connectivity index (χ2v) is 6.33. The number of amides is 1. The van der Waals surface area contributed by atoms with E-state index in [1.807, 2.05) is 0 Å². The molecule has 1 aliphatic carbocycles. The molecule has 0 spiro atoms. The Labute approximate surface area is 153 Å². The van der Waals surface area contributed by atoms with E-state index in [4.69, 9.17) is 14.2 Å². The van der Waals surface area contributed by atoms with E-state index in [-0.39, 0.29) is 24.3 Å². The van der Waals surface area contributed by atoms with Crippen molar-refractivity contribution in [1.29, 1.82) is 0 Å². The predicted molar refractivity (Wildman–Crippen MR) is 94.4 cm³/mol. The molecule has 142 valence electrons. The molecule has 0 saturated heterocycles. The average Bonchev–Trinajstić information content (AvgIpc) is 3.12. The lowest BCUT2D eigenvalue weighted by Gasteiger charge is -2.17.